The number of esters is 1. The lowest BCUT2D eigenvalue weighted by Gasteiger charge is -2.29. The van der Waals surface area contributed by atoms with Gasteiger partial charge in [0.2, 0.25) is 0 Å². The Morgan fingerprint density at radius 1 is 0.903 bits per heavy atom. The average Bonchev–Trinajstić information content (AvgIpc) is 2.82. The normalized spacial score (nSPS) is 17.5. The Morgan fingerprint density at radius 2 is 1.45 bits per heavy atom. The number of benzene rings is 3. The number of hydrogen-bond donors (Lipinski definition) is 1. The maximum atomic E-state index is 12.1. The van der Waals surface area contributed by atoms with Crippen LogP contribution >= 0.6 is 0 Å². The molecule has 2 atom stereocenters. The lowest BCUT2D eigenvalue weighted by Crippen LogP contribution is -2.28. The van der Waals surface area contributed by atoms with Crippen molar-refractivity contribution in [2.24, 2.45) is 5.92 Å². The number of carbonyl (C=O) groups is 1. The quantitative estimate of drug-likeness (QED) is 0.568. The molecule has 0 heterocycles. The summed E-state index contributed by atoms with van der Waals surface area (Å²) in [6, 6.07) is 23.5. The number of methoxy groups -OCH3 is 1. The zero-order chi connectivity index (χ0) is 21.6. The molecule has 2 unspecified atom stereocenters. The second-order valence-corrected chi connectivity index (χ2v) is 7.66. The third-order valence-corrected chi connectivity index (χ3v) is 5.61. The Morgan fingerprint density at radius 3 is 2.00 bits per heavy atom. The Balaban J connectivity index is 1.62. The van der Waals surface area contributed by atoms with Gasteiger partial charge in [-0.05, 0) is 47.2 Å². The van der Waals surface area contributed by atoms with Crippen LogP contribution in [-0.4, -0.2) is 18.2 Å². The van der Waals surface area contributed by atoms with Crippen LogP contribution < -0.4 is 9.47 Å². The number of rotatable bonds is 7. The van der Waals surface area contributed by atoms with Crippen molar-refractivity contribution in [3.05, 3.63) is 95.1 Å². The molecule has 0 saturated carbocycles. The van der Waals surface area contributed by atoms with Crippen molar-refractivity contribution >= 4 is 5.97 Å². The fourth-order valence-corrected chi connectivity index (χ4v) is 3.89. The Bertz CT molecular complexity index is 1020. The molecule has 0 aromatic heterocycles. The summed E-state index contributed by atoms with van der Waals surface area (Å²) < 4.78 is 17.1. The SMILES string of the molecule is COC(=O)C1CCc2cc(OCc3ccccc3)c(OCc3ccccc3)cc2C1O. The van der Waals surface area contributed by atoms with Crippen molar-refractivity contribution in [3.63, 3.8) is 0 Å². The fourth-order valence-electron chi connectivity index (χ4n) is 3.89. The van der Waals surface area contributed by atoms with Gasteiger partial charge in [0.1, 0.15) is 13.2 Å². The topological polar surface area (TPSA) is 65.0 Å². The third-order valence-electron chi connectivity index (χ3n) is 5.61. The predicted octanol–water partition coefficient (Wildman–Crippen LogP) is 4.61. The fraction of sp³-hybridized carbons (Fsp3) is 0.269. The van der Waals surface area contributed by atoms with E-state index in [0.29, 0.717) is 43.1 Å². The minimum Gasteiger partial charge on any atom is -0.485 e. The van der Waals surface area contributed by atoms with Crippen LogP contribution in [0.5, 0.6) is 11.5 Å². The van der Waals surface area contributed by atoms with Crippen LogP contribution in [0.2, 0.25) is 0 Å². The monoisotopic (exact) mass is 418 g/mol. The molecule has 1 N–H and O–H groups in total. The van der Waals surface area contributed by atoms with E-state index in [9.17, 15) is 9.90 Å². The lowest BCUT2D eigenvalue weighted by atomic mass is 9.81. The number of aryl methyl sites for hydroxylation is 1. The average molecular weight is 418 g/mol. The van der Waals surface area contributed by atoms with E-state index < -0.39 is 18.0 Å². The Labute approximate surface area is 182 Å². The van der Waals surface area contributed by atoms with E-state index in [0.717, 1.165) is 16.7 Å². The minimum absolute atomic E-state index is 0.373. The molecule has 3 aromatic carbocycles. The van der Waals surface area contributed by atoms with E-state index in [2.05, 4.69) is 0 Å². The highest BCUT2D eigenvalue weighted by molar-refractivity contribution is 5.74. The van der Waals surface area contributed by atoms with Gasteiger partial charge < -0.3 is 19.3 Å². The standard InChI is InChI=1S/C26H26O5/c1-29-26(28)21-13-12-20-14-23(30-16-18-8-4-2-5-9-18)24(15-22(20)25(21)27)31-17-19-10-6-3-7-11-19/h2-11,14-15,21,25,27H,12-13,16-17H2,1H3. The predicted molar refractivity (Wildman–Crippen MR) is 117 cm³/mol. The van der Waals surface area contributed by atoms with E-state index in [1.54, 1.807) is 6.07 Å². The highest BCUT2D eigenvalue weighted by atomic mass is 16.5. The number of aliphatic hydroxyl groups excluding tert-OH is 1. The van der Waals surface area contributed by atoms with Gasteiger partial charge in [-0.2, -0.15) is 0 Å². The molecule has 0 saturated heterocycles. The Hall–Kier alpha value is -3.31. The van der Waals surface area contributed by atoms with Crippen molar-refractivity contribution in [1.29, 1.82) is 0 Å². The zero-order valence-electron chi connectivity index (χ0n) is 17.5. The first-order valence-electron chi connectivity index (χ1n) is 10.4. The molecular weight excluding hydrogens is 392 g/mol. The van der Waals surface area contributed by atoms with E-state index in [1.807, 2.05) is 66.7 Å². The van der Waals surface area contributed by atoms with Gasteiger partial charge in [-0.15, -0.1) is 0 Å². The van der Waals surface area contributed by atoms with E-state index >= 15 is 0 Å². The molecule has 5 heteroatoms. The van der Waals surface area contributed by atoms with Crippen molar-refractivity contribution < 1.29 is 24.1 Å². The van der Waals surface area contributed by atoms with Gasteiger partial charge >= 0.3 is 5.97 Å². The van der Waals surface area contributed by atoms with Crippen LogP contribution in [0.25, 0.3) is 0 Å². The van der Waals surface area contributed by atoms with Gasteiger partial charge in [0, 0.05) is 0 Å². The molecule has 5 nitrogen and oxygen atoms in total. The van der Waals surface area contributed by atoms with Crippen molar-refractivity contribution in [2.75, 3.05) is 7.11 Å². The second-order valence-electron chi connectivity index (χ2n) is 7.66. The summed E-state index contributed by atoms with van der Waals surface area (Å²) in [5.74, 6) is 0.204. The number of hydrogen-bond acceptors (Lipinski definition) is 5. The van der Waals surface area contributed by atoms with E-state index in [-0.39, 0.29) is 0 Å². The van der Waals surface area contributed by atoms with Gasteiger partial charge in [0.15, 0.2) is 11.5 Å². The Kier molecular flexibility index (Phi) is 6.53. The number of aliphatic hydroxyl groups is 1. The molecule has 0 spiro atoms. The summed E-state index contributed by atoms with van der Waals surface area (Å²) in [5, 5.41) is 10.8. The van der Waals surface area contributed by atoms with Gasteiger partial charge in [-0.1, -0.05) is 60.7 Å². The molecule has 160 valence electrons. The molecule has 3 aromatic rings. The summed E-state index contributed by atoms with van der Waals surface area (Å²) in [7, 11) is 1.35. The van der Waals surface area contributed by atoms with Gasteiger partial charge in [0.25, 0.3) is 0 Å². The maximum absolute atomic E-state index is 12.1. The molecule has 0 bridgehead atoms. The van der Waals surface area contributed by atoms with Crippen molar-refractivity contribution in [2.45, 2.75) is 32.2 Å². The van der Waals surface area contributed by atoms with Crippen LogP contribution in [0.1, 0.15) is 34.8 Å². The summed E-state index contributed by atoms with van der Waals surface area (Å²) in [4.78, 5) is 12.1. The first kappa shape index (κ1) is 20.9. The van der Waals surface area contributed by atoms with Gasteiger partial charge in [-0.3, -0.25) is 4.79 Å². The second kappa shape index (κ2) is 9.67. The van der Waals surface area contributed by atoms with Crippen LogP contribution in [0.3, 0.4) is 0 Å². The molecule has 0 aliphatic heterocycles. The highest BCUT2D eigenvalue weighted by Crippen LogP contribution is 2.41. The molecule has 0 amide bonds. The van der Waals surface area contributed by atoms with Gasteiger partial charge in [-0.25, -0.2) is 0 Å². The van der Waals surface area contributed by atoms with Gasteiger partial charge in [0.05, 0.1) is 19.1 Å². The lowest BCUT2D eigenvalue weighted by molar-refractivity contribution is -0.150. The number of ether oxygens (including phenoxy) is 3. The maximum Gasteiger partial charge on any atom is 0.311 e. The third kappa shape index (κ3) is 4.89. The molecule has 1 aliphatic rings. The zero-order valence-corrected chi connectivity index (χ0v) is 17.5. The molecule has 1 aliphatic carbocycles. The van der Waals surface area contributed by atoms with E-state index in [4.69, 9.17) is 14.2 Å². The van der Waals surface area contributed by atoms with Crippen molar-refractivity contribution in [1.82, 2.24) is 0 Å². The molecule has 31 heavy (non-hydrogen) atoms. The number of fused-ring (bicyclic) bond motifs is 1. The van der Waals surface area contributed by atoms with Crippen LogP contribution in [0.15, 0.2) is 72.8 Å². The largest absolute Gasteiger partial charge is 0.485 e. The van der Waals surface area contributed by atoms with Crippen LogP contribution in [-0.2, 0) is 29.2 Å². The van der Waals surface area contributed by atoms with E-state index in [1.165, 1.54) is 7.11 Å². The first-order valence-corrected chi connectivity index (χ1v) is 10.4. The number of carbonyl (C=O) groups excluding carboxylic acids is 1. The summed E-state index contributed by atoms with van der Waals surface area (Å²) in [6.45, 7) is 0.784. The van der Waals surface area contributed by atoms with Crippen LogP contribution in [0, 0.1) is 5.92 Å². The van der Waals surface area contributed by atoms with Crippen LogP contribution in [0.4, 0.5) is 0 Å². The smallest absolute Gasteiger partial charge is 0.311 e. The molecule has 0 radical (unpaired) electrons. The summed E-state index contributed by atoms with van der Waals surface area (Å²) in [6.07, 6.45) is 0.258. The van der Waals surface area contributed by atoms with Crippen molar-refractivity contribution in [3.8, 4) is 11.5 Å². The highest BCUT2D eigenvalue weighted by Gasteiger charge is 2.35. The first-order chi connectivity index (χ1) is 15.2. The molecule has 4 rings (SSSR count). The summed E-state index contributed by atoms with van der Waals surface area (Å²) in [5.41, 5.74) is 3.74. The molecular formula is C26H26O5. The molecule has 0 fully saturated rings. The minimum atomic E-state index is -0.932. The summed E-state index contributed by atoms with van der Waals surface area (Å²) >= 11 is 0.